The molecular formula is C26H23NO4S2. The van der Waals surface area contributed by atoms with Crippen molar-refractivity contribution >= 4 is 38.0 Å². The van der Waals surface area contributed by atoms with E-state index in [1.807, 2.05) is 56.3 Å². The first kappa shape index (κ1) is 22.8. The average Bonchev–Trinajstić information content (AvgIpc) is 3.40. The highest BCUT2D eigenvalue weighted by atomic mass is 32.2. The molecule has 0 saturated carbocycles. The third-order valence-corrected chi connectivity index (χ3v) is 8.83. The van der Waals surface area contributed by atoms with E-state index in [0.29, 0.717) is 4.88 Å². The molecule has 2 N–H and O–H groups in total. The maximum absolute atomic E-state index is 13.0. The lowest BCUT2D eigenvalue weighted by atomic mass is 10.00. The Kier molecular flexibility index (Phi) is 6.41. The number of aromatic amines is 1. The SMILES string of the molecule is Cc1ccc(C#Cc2ccc(S(=O)(=O)C[C@@H](Cc3c[nH]c4ccc(C)cc34)C(=O)O)s2)cc1. The van der Waals surface area contributed by atoms with Crippen LogP contribution in [-0.4, -0.2) is 30.2 Å². The Hall–Kier alpha value is -3.34. The largest absolute Gasteiger partial charge is 0.481 e. The molecule has 1 atom stereocenters. The molecule has 168 valence electrons. The minimum atomic E-state index is -3.78. The molecule has 0 radical (unpaired) electrons. The molecule has 0 amide bonds. The maximum Gasteiger partial charge on any atom is 0.307 e. The van der Waals surface area contributed by atoms with Crippen LogP contribution in [0.2, 0.25) is 0 Å². The number of rotatable bonds is 6. The highest BCUT2D eigenvalue weighted by molar-refractivity contribution is 7.93. The number of H-pyrrole nitrogens is 1. The van der Waals surface area contributed by atoms with Crippen molar-refractivity contribution in [3.63, 3.8) is 0 Å². The summed E-state index contributed by atoms with van der Waals surface area (Å²) in [5.41, 5.74) is 4.74. The van der Waals surface area contributed by atoms with Gasteiger partial charge in [-0.1, -0.05) is 41.2 Å². The number of hydrogen-bond acceptors (Lipinski definition) is 4. The molecule has 0 fully saturated rings. The Balaban J connectivity index is 1.53. The van der Waals surface area contributed by atoms with E-state index in [1.54, 1.807) is 12.3 Å². The summed E-state index contributed by atoms with van der Waals surface area (Å²) in [7, 11) is -3.78. The predicted octanol–water partition coefficient (Wildman–Crippen LogP) is 4.96. The number of carbonyl (C=O) groups is 1. The number of aromatic nitrogens is 1. The Bertz CT molecular complexity index is 1480. The van der Waals surface area contributed by atoms with Crippen LogP contribution in [0.25, 0.3) is 10.9 Å². The van der Waals surface area contributed by atoms with Crippen LogP contribution >= 0.6 is 11.3 Å². The third kappa shape index (κ3) is 5.36. The standard InChI is InChI=1S/C26H23NO4S2/c1-17-3-6-19(7-4-17)8-9-22-10-12-25(32-22)33(30,31)16-21(26(28)29)14-20-15-27-24-11-5-18(2)13-23(20)24/h3-7,10-13,15,21,27H,14,16H2,1-2H3,(H,28,29)/t21-/m1/s1. The number of thiophene rings is 1. The number of sulfone groups is 1. The van der Waals surface area contributed by atoms with E-state index in [1.165, 1.54) is 6.07 Å². The van der Waals surface area contributed by atoms with Gasteiger partial charge in [-0.05, 0) is 62.2 Å². The van der Waals surface area contributed by atoms with Gasteiger partial charge in [0.1, 0.15) is 4.21 Å². The normalized spacial score (nSPS) is 12.3. The quantitative estimate of drug-likeness (QED) is 0.384. The summed E-state index contributed by atoms with van der Waals surface area (Å²) in [5.74, 6) is 3.37. The van der Waals surface area contributed by atoms with Gasteiger partial charge >= 0.3 is 5.97 Å². The van der Waals surface area contributed by atoms with Crippen molar-refractivity contribution in [2.75, 3.05) is 5.75 Å². The number of carboxylic acids is 1. The van der Waals surface area contributed by atoms with Crippen LogP contribution in [0.5, 0.6) is 0 Å². The summed E-state index contributed by atoms with van der Waals surface area (Å²) in [6.07, 6.45) is 1.89. The summed E-state index contributed by atoms with van der Waals surface area (Å²) >= 11 is 1.07. The smallest absolute Gasteiger partial charge is 0.307 e. The van der Waals surface area contributed by atoms with Gasteiger partial charge in [-0.15, -0.1) is 11.3 Å². The van der Waals surface area contributed by atoms with Crippen molar-refractivity contribution in [2.24, 2.45) is 5.92 Å². The van der Waals surface area contributed by atoms with Gasteiger partial charge in [0.15, 0.2) is 9.84 Å². The van der Waals surface area contributed by atoms with E-state index >= 15 is 0 Å². The van der Waals surface area contributed by atoms with E-state index in [4.69, 9.17) is 0 Å². The lowest BCUT2D eigenvalue weighted by Crippen LogP contribution is -2.25. The van der Waals surface area contributed by atoms with Crippen molar-refractivity contribution in [1.29, 1.82) is 0 Å². The van der Waals surface area contributed by atoms with Gasteiger partial charge in [0, 0.05) is 22.7 Å². The van der Waals surface area contributed by atoms with Gasteiger partial charge in [-0.2, -0.15) is 0 Å². The van der Waals surface area contributed by atoms with E-state index in [9.17, 15) is 18.3 Å². The van der Waals surface area contributed by atoms with Crippen LogP contribution in [0.4, 0.5) is 0 Å². The molecule has 0 aliphatic rings. The van der Waals surface area contributed by atoms with E-state index in [2.05, 4.69) is 16.8 Å². The zero-order valence-corrected chi connectivity index (χ0v) is 19.9. The number of aryl methyl sites for hydroxylation is 2. The molecule has 0 saturated heterocycles. The molecule has 2 aromatic carbocycles. The van der Waals surface area contributed by atoms with E-state index in [0.717, 1.165) is 44.5 Å². The third-order valence-electron chi connectivity index (χ3n) is 5.43. The molecular weight excluding hydrogens is 454 g/mol. The molecule has 2 heterocycles. The number of hydrogen-bond donors (Lipinski definition) is 2. The van der Waals surface area contributed by atoms with Crippen molar-refractivity contribution in [2.45, 2.75) is 24.5 Å². The molecule has 0 aliphatic heterocycles. The van der Waals surface area contributed by atoms with Gasteiger partial charge in [0.25, 0.3) is 0 Å². The number of nitrogens with one attached hydrogen (secondary N) is 1. The van der Waals surface area contributed by atoms with Crippen molar-refractivity contribution in [3.8, 4) is 11.8 Å². The summed E-state index contributed by atoms with van der Waals surface area (Å²) in [6.45, 7) is 3.96. The Labute approximate surface area is 197 Å². The molecule has 0 aliphatic carbocycles. The first-order chi connectivity index (χ1) is 15.7. The lowest BCUT2D eigenvalue weighted by molar-refractivity contribution is -0.140. The van der Waals surface area contributed by atoms with Gasteiger partial charge < -0.3 is 10.1 Å². The fourth-order valence-electron chi connectivity index (χ4n) is 3.62. The Morgan fingerprint density at radius 1 is 1.03 bits per heavy atom. The zero-order valence-electron chi connectivity index (χ0n) is 18.3. The minimum Gasteiger partial charge on any atom is -0.481 e. The highest BCUT2D eigenvalue weighted by Gasteiger charge is 2.28. The first-order valence-electron chi connectivity index (χ1n) is 10.4. The van der Waals surface area contributed by atoms with Crippen LogP contribution in [-0.2, 0) is 21.1 Å². The first-order valence-corrected chi connectivity index (χ1v) is 12.9. The number of aliphatic carboxylic acids is 1. The summed E-state index contributed by atoms with van der Waals surface area (Å²) < 4.78 is 26.2. The molecule has 4 rings (SSSR count). The second-order valence-corrected chi connectivity index (χ2v) is 11.5. The van der Waals surface area contributed by atoms with Crippen molar-refractivity contribution in [3.05, 3.63) is 87.9 Å². The predicted molar refractivity (Wildman–Crippen MR) is 131 cm³/mol. The van der Waals surface area contributed by atoms with Crippen LogP contribution in [0.15, 0.2) is 65.0 Å². The van der Waals surface area contributed by atoms with Crippen molar-refractivity contribution < 1.29 is 18.3 Å². The fraction of sp³-hybridized carbons (Fsp3) is 0.192. The van der Waals surface area contributed by atoms with Crippen LogP contribution in [0.1, 0.15) is 27.1 Å². The fourth-order valence-corrected chi connectivity index (χ4v) is 6.42. The summed E-state index contributed by atoms with van der Waals surface area (Å²) in [5, 5.41) is 10.7. The Morgan fingerprint density at radius 2 is 1.76 bits per heavy atom. The molecule has 0 unspecified atom stereocenters. The molecule has 33 heavy (non-hydrogen) atoms. The zero-order chi connectivity index (χ0) is 23.6. The van der Waals surface area contributed by atoms with E-state index < -0.39 is 27.5 Å². The monoisotopic (exact) mass is 477 g/mol. The van der Waals surface area contributed by atoms with Crippen LogP contribution < -0.4 is 0 Å². The number of carboxylic acid groups (broad SMARTS) is 1. The molecule has 0 bridgehead atoms. The topological polar surface area (TPSA) is 87.2 Å². The van der Waals surface area contributed by atoms with Gasteiger partial charge in [0.05, 0.1) is 16.5 Å². The summed E-state index contributed by atoms with van der Waals surface area (Å²) in [6, 6.07) is 16.8. The van der Waals surface area contributed by atoms with Crippen molar-refractivity contribution in [1.82, 2.24) is 4.98 Å². The molecule has 0 spiro atoms. The Morgan fingerprint density at radius 3 is 2.48 bits per heavy atom. The minimum absolute atomic E-state index is 0.128. The molecule has 2 aromatic heterocycles. The second-order valence-electron chi connectivity index (χ2n) is 8.12. The second kappa shape index (κ2) is 9.26. The van der Waals surface area contributed by atoms with E-state index in [-0.39, 0.29) is 10.6 Å². The van der Waals surface area contributed by atoms with Crippen LogP contribution in [0, 0.1) is 31.6 Å². The lowest BCUT2D eigenvalue weighted by Gasteiger charge is -2.12. The maximum atomic E-state index is 13.0. The van der Waals surface area contributed by atoms with Gasteiger partial charge in [-0.3, -0.25) is 4.79 Å². The van der Waals surface area contributed by atoms with Gasteiger partial charge in [0.2, 0.25) is 0 Å². The average molecular weight is 478 g/mol. The van der Waals surface area contributed by atoms with Gasteiger partial charge in [-0.25, -0.2) is 8.42 Å². The van der Waals surface area contributed by atoms with Crippen LogP contribution in [0.3, 0.4) is 0 Å². The number of benzene rings is 2. The summed E-state index contributed by atoms with van der Waals surface area (Å²) in [4.78, 5) is 15.7. The highest BCUT2D eigenvalue weighted by Crippen LogP contribution is 2.27. The number of fused-ring (bicyclic) bond motifs is 1. The molecule has 7 heteroatoms. The molecule has 5 nitrogen and oxygen atoms in total. The molecule has 4 aromatic rings.